The van der Waals surface area contributed by atoms with Gasteiger partial charge in [0.05, 0.1) is 0 Å². The van der Waals surface area contributed by atoms with E-state index in [0.717, 1.165) is 37.7 Å². The highest BCUT2D eigenvalue weighted by Crippen LogP contribution is 2.24. The second-order valence-electron chi connectivity index (χ2n) is 6.64. The summed E-state index contributed by atoms with van der Waals surface area (Å²) in [7, 11) is 0. The lowest BCUT2D eigenvalue weighted by Crippen LogP contribution is -2.50. The van der Waals surface area contributed by atoms with Gasteiger partial charge in [-0.1, -0.05) is 31.0 Å². The number of rotatable bonds is 4. The molecule has 2 N–H and O–H groups in total. The standard InChI is InChI=1S/C18H27N3O/c22-18(20-16-9-2-1-3-10-16)21-12-6-11-17(14-21)19-13-15-7-4-5-8-15/h1-3,9-10,15,17,19H,4-8,11-14H2,(H,20,22). The lowest BCUT2D eigenvalue weighted by Gasteiger charge is -2.33. The van der Waals surface area contributed by atoms with Crippen molar-refractivity contribution in [1.82, 2.24) is 10.2 Å². The molecule has 0 radical (unpaired) electrons. The van der Waals surface area contributed by atoms with Gasteiger partial charge in [0.1, 0.15) is 0 Å². The maximum atomic E-state index is 12.4. The number of hydrogen-bond donors (Lipinski definition) is 2. The van der Waals surface area contributed by atoms with Crippen molar-refractivity contribution in [2.45, 2.75) is 44.6 Å². The Kier molecular flexibility index (Phi) is 5.33. The van der Waals surface area contributed by atoms with Crippen molar-refractivity contribution in [2.24, 2.45) is 5.92 Å². The molecule has 1 saturated carbocycles. The van der Waals surface area contributed by atoms with Gasteiger partial charge < -0.3 is 15.5 Å². The molecule has 22 heavy (non-hydrogen) atoms. The van der Waals surface area contributed by atoms with Gasteiger partial charge in [-0.25, -0.2) is 4.79 Å². The average molecular weight is 301 g/mol. The summed E-state index contributed by atoms with van der Waals surface area (Å²) in [5.74, 6) is 0.855. The zero-order valence-corrected chi connectivity index (χ0v) is 13.3. The number of carbonyl (C=O) groups excluding carboxylic acids is 1. The number of urea groups is 1. The highest BCUT2D eigenvalue weighted by molar-refractivity contribution is 5.89. The van der Waals surface area contributed by atoms with Crippen LogP contribution in [0.15, 0.2) is 30.3 Å². The maximum absolute atomic E-state index is 12.4. The minimum absolute atomic E-state index is 0.0265. The minimum atomic E-state index is 0.0265. The van der Waals surface area contributed by atoms with Gasteiger partial charge in [0.25, 0.3) is 0 Å². The van der Waals surface area contributed by atoms with Crippen LogP contribution in [0.3, 0.4) is 0 Å². The van der Waals surface area contributed by atoms with E-state index in [-0.39, 0.29) is 6.03 Å². The number of likely N-dealkylation sites (tertiary alicyclic amines) is 1. The zero-order chi connectivity index (χ0) is 15.2. The van der Waals surface area contributed by atoms with Crippen molar-refractivity contribution < 1.29 is 4.79 Å². The van der Waals surface area contributed by atoms with E-state index in [4.69, 9.17) is 0 Å². The molecule has 1 unspecified atom stereocenters. The highest BCUT2D eigenvalue weighted by Gasteiger charge is 2.24. The van der Waals surface area contributed by atoms with Crippen molar-refractivity contribution in [3.05, 3.63) is 30.3 Å². The predicted molar refractivity (Wildman–Crippen MR) is 90.0 cm³/mol. The molecule has 1 heterocycles. The molecule has 1 saturated heterocycles. The van der Waals surface area contributed by atoms with Gasteiger partial charge in [0.15, 0.2) is 0 Å². The van der Waals surface area contributed by atoms with E-state index in [1.54, 1.807) is 0 Å². The van der Waals surface area contributed by atoms with Gasteiger partial charge in [-0.2, -0.15) is 0 Å². The summed E-state index contributed by atoms with van der Waals surface area (Å²) in [4.78, 5) is 14.3. The first kappa shape index (κ1) is 15.3. The number of carbonyl (C=O) groups is 1. The Bertz CT molecular complexity index is 470. The van der Waals surface area contributed by atoms with Crippen molar-refractivity contribution in [3.63, 3.8) is 0 Å². The molecular weight excluding hydrogens is 274 g/mol. The Morgan fingerprint density at radius 1 is 1.09 bits per heavy atom. The smallest absolute Gasteiger partial charge is 0.321 e. The van der Waals surface area contributed by atoms with E-state index < -0.39 is 0 Å². The fourth-order valence-corrected chi connectivity index (χ4v) is 3.60. The molecule has 0 spiro atoms. The number of amides is 2. The summed E-state index contributed by atoms with van der Waals surface area (Å²) < 4.78 is 0. The molecule has 1 aliphatic carbocycles. The van der Waals surface area contributed by atoms with Gasteiger partial charge in [-0.05, 0) is 50.3 Å². The first-order valence-corrected chi connectivity index (χ1v) is 8.65. The minimum Gasteiger partial charge on any atom is -0.323 e. The number of anilines is 1. The van der Waals surface area contributed by atoms with E-state index in [9.17, 15) is 4.79 Å². The first-order chi connectivity index (χ1) is 10.8. The van der Waals surface area contributed by atoms with Crippen LogP contribution in [0, 0.1) is 5.92 Å². The summed E-state index contributed by atoms with van der Waals surface area (Å²) >= 11 is 0. The van der Waals surface area contributed by atoms with E-state index >= 15 is 0 Å². The third kappa shape index (κ3) is 4.23. The SMILES string of the molecule is O=C(Nc1ccccc1)N1CCCC(NCC2CCCC2)C1. The fourth-order valence-electron chi connectivity index (χ4n) is 3.60. The highest BCUT2D eigenvalue weighted by atomic mass is 16.2. The van der Waals surface area contributed by atoms with Crippen LogP contribution in [0.2, 0.25) is 0 Å². The van der Waals surface area contributed by atoms with Crippen LogP contribution in [0.1, 0.15) is 38.5 Å². The van der Waals surface area contributed by atoms with Gasteiger partial charge >= 0.3 is 6.03 Å². The van der Waals surface area contributed by atoms with Crippen LogP contribution in [0.25, 0.3) is 0 Å². The third-order valence-corrected chi connectivity index (χ3v) is 4.90. The summed E-state index contributed by atoms with van der Waals surface area (Å²) in [6, 6.07) is 10.2. The molecule has 2 amide bonds. The van der Waals surface area contributed by atoms with E-state index in [2.05, 4.69) is 10.6 Å². The summed E-state index contributed by atoms with van der Waals surface area (Å²) in [6.07, 6.45) is 7.80. The van der Waals surface area contributed by atoms with Crippen LogP contribution in [0.4, 0.5) is 10.5 Å². The van der Waals surface area contributed by atoms with Crippen molar-refractivity contribution in [1.29, 1.82) is 0 Å². The average Bonchev–Trinajstić information content (AvgIpc) is 3.08. The van der Waals surface area contributed by atoms with Crippen molar-refractivity contribution in [2.75, 3.05) is 25.0 Å². The summed E-state index contributed by atoms with van der Waals surface area (Å²) in [6.45, 7) is 2.81. The number of piperidine rings is 1. The first-order valence-electron chi connectivity index (χ1n) is 8.65. The van der Waals surface area contributed by atoms with Gasteiger partial charge in [-0.15, -0.1) is 0 Å². The Balaban J connectivity index is 1.46. The zero-order valence-electron chi connectivity index (χ0n) is 13.3. The molecule has 1 aromatic rings. The fraction of sp³-hybridized carbons (Fsp3) is 0.611. The lowest BCUT2D eigenvalue weighted by molar-refractivity contribution is 0.184. The van der Waals surface area contributed by atoms with E-state index in [1.165, 1.54) is 32.1 Å². The van der Waals surface area contributed by atoms with Crippen LogP contribution in [0.5, 0.6) is 0 Å². The molecule has 2 fully saturated rings. The van der Waals surface area contributed by atoms with Crippen LogP contribution < -0.4 is 10.6 Å². The number of para-hydroxylation sites is 1. The molecule has 2 aliphatic rings. The van der Waals surface area contributed by atoms with Gasteiger partial charge in [0.2, 0.25) is 0 Å². The molecule has 1 atom stereocenters. The Morgan fingerprint density at radius 2 is 1.86 bits per heavy atom. The Labute approximate surface area is 133 Å². The van der Waals surface area contributed by atoms with Gasteiger partial charge in [-0.3, -0.25) is 0 Å². The maximum Gasteiger partial charge on any atom is 0.321 e. The summed E-state index contributed by atoms with van der Waals surface area (Å²) in [5.41, 5.74) is 0.869. The molecule has 0 aromatic heterocycles. The van der Waals surface area contributed by atoms with Crippen LogP contribution in [-0.2, 0) is 0 Å². The van der Waals surface area contributed by atoms with Gasteiger partial charge in [0, 0.05) is 24.8 Å². The number of hydrogen-bond acceptors (Lipinski definition) is 2. The molecule has 3 rings (SSSR count). The Morgan fingerprint density at radius 3 is 2.64 bits per heavy atom. The monoisotopic (exact) mass is 301 g/mol. The molecule has 120 valence electrons. The van der Waals surface area contributed by atoms with E-state index in [0.29, 0.717) is 6.04 Å². The number of nitrogens with one attached hydrogen (secondary N) is 2. The van der Waals surface area contributed by atoms with Crippen molar-refractivity contribution in [3.8, 4) is 0 Å². The molecule has 4 nitrogen and oxygen atoms in total. The molecule has 1 aliphatic heterocycles. The number of nitrogens with zero attached hydrogens (tertiary/aromatic N) is 1. The third-order valence-electron chi connectivity index (χ3n) is 4.90. The largest absolute Gasteiger partial charge is 0.323 e. The Hall–Kier alpha value is -1.55. The molecule has 1 aromatic carbocycles. The van der Waals surface area contributed by atoms with Crippen LogP contribution >= 0.6 is 0 Å². The second-order valence-corrected chi connectivity index (χ2v) is 6.64. The lowest BCUT2D eigenvalue weighted by atomic mass is 10.0. The van der Waals surface area contributed by atoms with Crippen LogP contribution in [-0.4, -0.2) is 36.6 Å². The summed E-state index contributed by atoms with van der Waals surface area (Å²) in [5, 5.41) is 6.68. The topological polar surface area (TPSA) is 44.4 Å². The molecular formula is C18H27N3O. The van der Waals surface area contributed by atoms with E-state index in [1.807, 2.05) is 35.2 Å². The van der Waals surface area contributed by atoms with Crippen molar-refractivity contribution >= 4 is 11.7 Å². The quantitative estimate of drug-likeness (QED) is 0.894. The normalized spacial score (nSPS) is 22.7. The predicted octanol–water partition coefficient (Wildman–Crippen LogP) is 3.46. The second kappa shape index (κ2) is 7.63. The molecule has 0 bridgehead atoms. The molecule has 4 heteroatoms. The number of benzene rings is 1.